The number of amides is 1. The molecule has 0 spiro atoms. The first-order valence-corrected chi connectivity index (χ1v) is 7.81. The van der Waals surface area contributed by atoms with E-state index in [2.05, 4.69) is 29.6 Å². The van der Waals surface area contributed by atoms with Crippen molar-refractivity contribution in [2.75, 3.05) is 40.8 Å². The van der Waals surface area contributed by atoms with E-state index < -0.39 is 0 Å². The topological polar surface area (TPSA) is 53.6 Å². The van der Waals surface area contributed by atoms with Gasteiger partial charge in [0.25, 0.3) is 0 Å². The van der Waals surface area contributed by atoms with Crippen molar-refractivity contribution in [1.82, 2.24) is 15.5 Å². The Balaban J connectivity index is 0. The average molecular weight is 380 g/mol. The van der Waals surface area contributed by atoms with Crippen LogP contribution in [0.15, 0.2) is 24.3 Å². The summed E-state index contributed by atoms with van der Waals surface area (Å²) >= 11 is 0. The summed E-state index contributed by atoms with van der Waals surface area (Å²) in [5, 5.41) is 5.95. The number of hydrogen-bond donors (Lipinski definition) is 2. The molecule has 0 radical (unpaired) electrons. The lowest BCUT2D eigenvalue weighted by atomic mass is 10.1. The number of nitrogens with one attached hydrogen (secondary N) is 2. The van der Waals surface area contributed by atoms with E-state index in [9.17, 15) is 4.79 Å². The summed E-state index contributed by atoms with van der Waals surface area (Å²) in [6.07, 6.45) is 1.01. The van der Waals surface area contributed by atoms with Crippen LogP contribution in [0.3, 0.4) is 0 Å². The van der Waals surface area contributed by atoms with Crippen LogP contribution in [0.1, 0.15) is 18.9 Å². The van der Waals surface area contributed by atoms with Crippen LogP contribution in [0.2, 0.25) is 0 Å². The number of benzene rings is 1. The van der Waals surface area contributed by atoms with Crippen molar-refractivity contribution in [2.24, 2.45) is 5.92 Å². The minimum Gasteiger partial charge on any atom is -0.494 e. The van der Waals surface area contributed by atoms with Crippen molar-refractivity contribution in [1.29, 1.82) is 0 Å². The van der Waals surface area contributed by atoms with Crippen LogP contribution in [0.5, 0.6) is 5.75 Å². The summed E-state index contributed by atoms with van der Waals surface area (Å²) in [5.74, 6) is 0.917. The molecular formula is C17H31Cl2N3O2. The van der Waals surface area contributed by atoms with Crippen LogP contribution in [0.25, 0.3) is 0 Å². The van der Waals surface area contributed by atoms with Gasteiger partial charge in [-0.05, 0) is 45.3 Å². The molecule has 1 amide bonds. The van der Waals surface area contributed by atoms with Crippen molar-refractivity contribution in [3.8, 4) is 5.75 Å². The van der Waals surface area contributed by atoms with Gasteiger partial charge in [-0.15, -0.1) is 24.8 Å². The van der Waals surface area contributed by atoms with E-state index in [0.717, 1.165) is 30.9 Å². The lowest BCUT2D eigenvalue weighted by Gasteiger charge is -2.12. The maximum absolute atomic E-state index is 11.8. The van der Waals surface area contributed by atoms with Crippen LogP contribution in [-0.2, 0) is 11.3 Å². The van der Waals surface area contributed by atoms with Crippen LogP contribution in [0.4, 0.5) is 0 Å². The minimum absolute atomic E-state index is 0. The lowest BCUT2D eigenvalue weighted by Crippen LogP contribution is -2.33. The van der Waals surface area contributed by atoms with E-state index in [4.69, 9.17) is 4.74 Å². The van der Waals surface area contributed by atoms with Gasteiger partial charge in [0.1, 0.15) is 5.75 Å². The smallest absolute Gasteiger partial charge is 0.224 e. The van der Waals surface area contributed by atoms with Gasteiger partial charge < -0.3 is 20.3 Å². The second-order valence-electron chi connectivity index (χ2n) is 5.83. The zero-order valence-corrected chi connectivity index (χ0v) is 16.6. The Morgan fingerprint density at radius 3 is 2.38 bits per heavy atom. The van der Waals surface area contributed by atoms with Gasteiger partial charge >= 0.3 is 0 Å². The first kappa shape index (κ1) is 25.2. The highest BCUT2D eigenvalue weighted by molar-refractivity contribution is 5.85. The summed E-state index contributed by atoms with van der Waals surface area (Å²) in [6.45, 7) is 4.89. The SMILES string of the molecule is CNCC(C)C(=O)NCc1ccc(OCCCN(C)C)cc1.Cl.Cl. The molecule has 0 aliphatic carbocycles. The highest BCUT2D eigenvalue weighted by Gasteiger charge is 2.10. The molecule has 0 heterocycles. The van der Waals surface area contributed by atoms with Gasteiger partial charge in [-0.1, -0.05) is 19.1 Å². The van der Waals surface area contributed by atoms with E-state index in [-0.39, 0.29) is 36.6 Å². The van der Waals surface area contributed by atoms with E-state index in [1.807, 2.05) is 38.2 Å². The fourth-order valence-electron chi connectivity index (χ4n) is 2.04. The molecule has 7 heteroatoms. The van der Waals surface area contributed by atoms with Gasteiger partial charge in [0, 0.05) is 25.6 Å². The predicted molar refractivity (Wildman–Crippen MR) is 105 cm³/mol. The van der Waals surface area contributed by atoms with Crippen molar-refractivity contribution in [3.05, 3.63) is 29.8 Å². The zero-order valence-electron chi connectivity index (χ0n) is 15.0. The normalized spacial score (nSPS) is 11.2. The van der Waals surface area contributed by atoms with Gasteiger partial charge in [0.2, 0.25) is 5.91 Å². The molecule has 1 atom stereocenters. The third-order valence-corrected chi connectivity index (χ3v) is 3.37. The molecule has 1 rings (SSSR count). The standard InChI is InChI=1S/C17H29N3O2.2ClH/c1-14(12-18-2)17(21)19-13-15-6-8-16(9-7-15)22-11-5-10-20(3)4;;/h6-9,14,18H,5,10-13H2,1-4H3,(H,19,21);2*1H. The highest BCUT2D eigenvalue weighted by Crippen LogP contribution is 2.12. The van der Waals surface area contributed by atoms with Crippen LogP contribution < -0.4 is 15.4 Å². The van der Waals surface area contributed by atoms with Gasteiger partial charge in [-0.25, -0.2) is 0 Å². The molecular weight excluding hydrogens is 349 g/mol. The van der Waals surface area contributed by atoms with Crippen LogP contribution >= 0.6 is 24.8 Å². The van der Waals surface area contributed by atoms with Crippen molar-refractivity contribution >= 4 is 30.7 Å². The summed E-state index contributed by atoms with van der Waals surface area (Å²) in [5.41, 5.74) is 1.07. The quantitative estimate of drug-likeness (QED) is 0.612. The largest absolute Gasteiger partial charge is 0.494 e. The number of rotatable bonds is 10. The molecule has 0 bridgehead atoms. The van der Waals surface area contributed by atoms with E-state index in [0.29, 0.717) is 13.1 Å². The molecule has 0 saturated carbocycles. The zero-order chi connectivity index (χ0) is 16.4. The Morgan fingerprint density at radius 2 is 1.83 bits per heavy atom. The number of hydrogen-bond acceptors (Lipinski definition) is 4. The first-order chi connectivity index (χ1) is 10.5. The third kappa shape index (κ3) is 10.7. The Bertz CT molecular complexity index is 442. The van der Waals surface area contributed by atoms with Gasteiger partial charge in [0.15, 0.2) is 0 Å². The molecule has 1 unspecified atom stereocenters. The van der Waals surface area contributed by atoms with E-state index in [1.165, 1.54) is 0 Å². The monoisotopic (exact) mass is 379 g/mol. The summed E-state index contributed by atoms with van der Waals surface area (Å²) < 4.78 is 5.68. The number of nitrogens with zero attached hydrogens (tertiary/aromatic N) is 1. The molecule has 24 heavy (non-hydrogen) atoms. The molecule has 140 valence electrons. The Hall–Kier alpha value is -1.01. The average Bonchev–Trinajstić information content (AvgIpc) is 2.50. The van der Waals surface area contributed by atoms with E-state index in [1.54, 1.807) is 0 Å². The number of halogens is 2. The molecule has 2 N–H and O–H groups in total. The minimum atomic E-state index is -0.0238. The number of carbonyl (C=O) groups excluding carboxylic acids is 1. The summed E-state index contributed by atoms with van der Waals surface area (Å²) in [6, 6.07) is 7.89. The molecule has 0 aliphatic heterocycles. The van der Waals surface area contributed by atoms with Crippen molar-refractivity contribution in [2.45, 2.75) is 19.9 Å². The van der Waals surface area contributed by atoms with E-state index >= 15 is 0 Å². The molecule has 0 aromatic heterocycles. The van der Waals surface area contributed by atoms with Gasteiger partial charge in [-0.3, -0.25) is 4.79 Å². The predicted octanol–water partition coefficient (Wildman–Crippen LogP) is 2.33. The first-order valence-electron chi connectivity index (χ1n) is 7.81. The molecule has 0 saturated heterocycles. The molecule has 1 aromatic rings. The lowest BCUT2D eigenvalue weighted by molar-refractivity contribution is -0.124. The molecule has 0 fully saturated rings. The van der Waals surface area contributed by atoms with Crippen molar-refractivity contribution in [3.63, 3.8) is 0 Å². The fourth-order valence-corrected chi connectivity index (χ4v) is 2.04. The second kappa shape index (κ2) is 14.3. The number of ether oxygens (including phenoxy) is 1. The van der Waals surface area contributed by atoms with Crippen LogP contribution in [0, 0.1) is 5.92 Å². The maximum atomic E-state index is 11.8. The maximum Gasteiger partial charge on any atom is 0.224 e. The Labute approximate surface area is 158 Å². The molecule has 0 aliphatic rings. The van der Waals surface area contributed by atoms with Crippen LogP contribution in [-0.4, -0.2) is 51.6 Å². The summed E-state index contributed by atoms with van der Waals surface area (Å²) in [4.78, 5) is 14.0. The van der Waals surface area contributed by atoms with Gasteiger partial charge in [0.05, 0.1) is 6.61 Å². The third-order valence-electron chi connectivity index (χ3n) is 3.37. The highest BCUT2D eigenvalue weighted by atomic mass is 35.5. The Kier molecular flexibility index (Phi) is 15.1. The summed E-state index contributed by atoms with van der Waals surface area (Å²) in [7, 11) is 5.96. The Morgan fingerprint density at radius 1 is 1.21 bits per heavy atom. The molecule has 5 nitrogen and oxygen atoms in total. The van der Waals surface area contributed by atoms with Crippen molar-refractivity contribution < 1.29 is 9.53 Å². The molecule has 1 aromatic carbocycles. The second-order valence-corrected chi connectivity index (χ2v) is 5.83. The fraction of sp³-hybridized carbons (Fsp3) is 0.588. The number of carbonyl (C=O) groups is 1. The van der Waals surface area contributed by atoms with Gasteiger partial charge in [-0.2, -0.15) is 0 Å².